The van der Waals surface area contributed by atoms with Crippen molar-refractivity contribution in [2.24, 2.45) is 0 Å². The van der Waals surface area contributed by atoms with E-state index in [1.807, 2.05) is 0 Å². The number of carboxylic acid groups (broad SMARTS) is 1. The minimum atomic E-state index is -1.02. The minimum absolute atomic E-state index is 0.0810. The number of benzene rings is 1. The number of nitrogens with one attached hydrogen (secondary N) is 1. The highest BCUT2D eigenvalue weighted by Gasteiger charge is 2.11. The van der Waals surface area contributed by atoms with Crippen LogP contribution in [-0.4, -0.2) is 23.5 Å². The van der Waals surface area contributed by atoms with Crippen molar-refractivity contribution in [1.82, 2.24) is 5.32 Å². The third-order valence-corrected chi connectivity index (χ3v) is 2.67. The molecule has 0 aromatic heterocycles. The third kappa shape index (κ3) is 5.26. The van der Waals surface area contributed by atoms with Crippen molar-refractivity contribution in [1.29, 1.82) is 0 Å². The van der Waals surface area contributed by atoms with Gasteiger partial charge in [0, 0.05) is 13.0 Å². The Bertz CT molecular complexity index is 488. The van der Waals surface area contributed by atoms with E-state index in [0.29, 0.717) is 18.5 Å². The molecule has 19 heavy (non-hydrogen) atoms. The predicted molar refractivity (Wildman–Crippen MR) is 72.8 cm³/mol. The van der Waals surface area contributed by atoms with Crippen LogP contribution in [0, 0.1) is 12.3 Å². The molecule has 100 valence electrons. The molecule has 4 heteroatoms. The largest absolute Gasteiger partial charge is 0.478 e. The molecular weight excluding hydrogens is 242 g/mol. The van der Waals surface area contributed by atoms with E-state index in [9.17, 15) is 9.59 Å². The van der Waals surface area contributed by atoms with Crippen LogP contribution in [0.15, 0.2) is 24.3 Å². The summed E-state index contributed by atoms with van der Waals surface area (Å²) in [4.78, 5) is 22.7. The summed E-state index contributed by atoms with van der Waals surface area (Å²) in [6.07, 6.45) is 7.62. The van der Waals surface area contributed by atoms with Gasteiger partial charge in [0.15, 0.2) is 0 Å². The summed E-state index contributed by atoms with van der Waals surface area (Å²) in [5.74, 6) is 1.35. The van der Waals surface area contributed by atoms with Gasteiger partial charge in [0.05, 0.1) is 12.0 Å². The molecule has 4 nitrogen and oxygen atoms in total. The van der Waals surface area contributed by atoms with Gasteiger partial charge in [-0.1, -0.05) is 18.2 Å². The van der Waals surface area contributed by atoms with E-state index in [1.54, 1.807) is 18.2 Å². The second kappa shape index (κ2) is 7.93. The molecule has 0 radical (unpaired) electrons. The lowest BCUT2D eigenvalue weighted by Gasteiger charge is -2.07. The van der Waals surface area contributed by atoms with Crippen LogP contribution in [-0.2, 0) is 11.2 Å². The fourth-order valence-electron chi connectivity index (χ4n) is 1.70. The van der Waals surface area contributed by atoms with Crippen molar-refractivity contribution in [2.75, 3.05) is 6.54 Å². The molecule has 0 saturated carbocycles. The number of unbranched alkanes of at least 4 members (excludes halogenated alkanes) is 2. The van der Waals surface area contributed by atoms with Gasteiger partial charge in [-0.05, 0) is 24.5 Å². The molecule has 1 rings (SSSR count). The molecule has 0 heterocycles. The first-order valence-electron chi connectivity index (χ1n) is 6.16. The summed E-state index contributed by atoms with van der Waals surface area (Å²) < 4.78 is 0. The average Bonchev–Trinajstić information content (AvgIpc) is 2.39. The number of hydrogen-bond acceptors (Lipinski definition) is 2. The Morgan fingerprint density at radius 3 is 2.68 bits per heavy atom. The van der Waals surface area contributed by atoms with Gasteiger partial charge in [0.2, 0.25) is 5.91 Å². The van der Waals surface area contributed by atoms with Crippen LogP contribution in [0.25, 0.3) is 0 Å². The first kappa shape index (κ1) is 14.8. The monoisotopic (exact) mass is 259 g/mol. The summed E-state index contributed by atoms with van der Waals surface area (Å²) in [6, 6.07) is 6.52. The van der Waals surface area contributed by atoms with Crippen LogP contribution in [0.4, 0.5) is 0 Å². The maximum absolute atomic E-state index is 11.7. The molecule has 1 aromatic rings. The standard InChI is InChI=1S/C15H17NO3/c1-2-3-4-7-10-16-14(17)11-12-8-5-6-9-13(12)15(18)19/h1,5-6,8-9H,3-4,7,10-11H2,(H,16,17)(H,18,19). The number of carbonyl (C=O) groups is 2. The van der Waals surface area contributed by atoms with Crippen molar-refractivity contribution in [3.8, 4) is 12.3 Å². The SMILES string of the molecule is C#CCCCCNC(=O)Cc1ccccc1C(=O)O. The number of terminal acetylenes is 1. The van der Waals surface area contributed by atoms with Crippen molar-refractivity contribution < 1.29 is 14.7 Å². The lowest BCUT2D eigenvalue weighted by Crippen LogP contribution is -2.26. The topological polar surface area (TPSA) is 66.4 Å². The van der Waals surface area contributed by atoms with Crippen molar-refractivity contribution in [3.63, 3.8) is 0 Å². The van der Waals surface area contributed by atoms with Crippen LogP contribution in [0.5, 0.6) is 0 Å². The molecule has 0 spiro atoms. The zero-order chi connectivity index (χ0) is 14.1. The van der Waals surface area contributed by atoms with Crippen molar-refractivity contribution in [2.45, 2.75) is 25.7 Å². The zero-order valence-corrected chi connectivity index (χ0v) is 10.7. The van der Waals surface area contributed by atoms with Gasteiger partial charge in [0.1, 0.15) is 0 Å². The van der Waals surface area contributed by atoms with E-state index >= 15 is 0 Å². The van der Waals surface area contributed by atoms with E-state index < -0.39 is 5.97 Å². The second-order valence-electron chi connectivity index (χ2n) is 4.15. The summed E-state index contributed by atoms with van der Waals surface area (Å²) >= 11 is 0. The highest BCUT2D eigenvalue weighted by molar-refractivity contribution is 5.91. The van der Waals surface area contributed by atoms with Crippen LogP contribution in [0.1, 0.15) is 35.2 Å². The fourth-order valence-corrected chi connectivity index (χ4v) is 1.70. The van der Waals surface area contributed by atoms with Crippen LogP contribution >= 0.6 is 0 Å². The van der Waals surface area contributed by atoms with Gasteiger partial charge in [0.25, 0.3) is 0 Å². The van der Waals surface area contributed by atoms with E-state index in [4.69, 9.17) is 11.5 Å². The quantitative estimate of drug-likeness (QED) is 0.580. The van der Waals surface area contributed by atoms with E-state index in [1.165, 1.54) is 6.07 Å². The van der Waals surface area contributed by atoms with Crippen LogP contribution in [0.2, 0.25) is 0 Å². The summed E-state index contributed by atoms with van der Waals surface area (Å²) in [5, 5.41) is 11.8. The number of rotatable bonds is 7. The Hall–Kier alpha value is -2.28. The maximum Gasteiger partial charge on any atom is 0.335 e. The number of aromatic carboxylic acids is 1. The highest BCUT2D eigenvalue weighted by Crippen LogP contribution is 2.09. The van der Waals surface area contributed by atoms with Crippen LogP contribution < -0.4 is 5.32 Å². The van der Waals surface area contributed by atoms with Crippen molar-refractivity contribution in [3.05, 3.63) is 35.4 Å². The number of carboxylic acids is 1. The van der Waals surface area contributed by atoms with Gasteiger partial charge in [-0.3, -0.25) is 4.79 Å². The van der Waals surface area contributed by atoms with Crippen molar-refractivity contribution >= 4 is 11.9 Å². The first-order valence-corrected chi connectivity index (χ1v) is 6.16. The summed E-state index contributed by atoms with van der Waals surface area (Å²) in [5.41, 5.74) is 0.695. The van der Waals surface area contributed by atoms with Gasteiger partial charge in [-0.2, -0.15) is 0 Å². The highest BCUT2D eigenvalue weighted by atomic mass is 16.4. The lowest BCUT2D eigenvalue weighted by molar-refractivity contribution is -0.120. The predicted octanol–water partition coefficient (Wildman–Crippen LogP) is 1.85. The molecule has 0 aliphatic heterocycles. The Morgan fingerprint density at radius 1 is 1.26 bits per heavy atom. The lowest BCUT2D eigenvalue weighted by atomic mass is 10.0. The zero-order valence-electron chi connectivity index (χ0n) is 10.7. The molecule has 0 unspecified atom stereocenters. The summed E-state index contributed by atoms with van der Waals surface area (Å²) in [7, 11) is 0. The van der Waals surface area contributed by atoms with Gasteiger partial charge < -0.3 is 10.4 Å². The maximum atomic E-state index is 11.7. The molecule has 0 fully saturated rings. The smallest absolute Gasteiger partial charge is 0.335 e. The fraction of sp³-hybridized carbons (Fsp3) is 0.333. The van der Waals surface area contributed by atoms with E-state index in [-0.39, 0.29) is 17.9 Å². The van der Waals surface area contributed by atoms with Gasteiger partial charge in [-0.15, -0.1) is 12.3 Å². The molecule has 0 aliphatic carbocycles. The second-order valence-corrected chi connectivity index (χ2v) is 4.15. The molecule has 2 N–H and O–H groups in total. The average molecular weight is 259 g/mol. The first-order chi connectivity index (χ1) is 9.15. The minimum Gasteiger partial charge on any atom is -0.478 e. The van der Waals surface area contributed by atoms with Gasteiger partial charge >= 0.3 is 5.97 Å². The Morgan fingerprint density at radius 2 is 2.00 bits per heavy atom. The number of carbonyl (C=O) groups excluding carboxylic acids is 1. The molecular formula is C15H17NO3. The number of hydrogen-bond donors (Lipinski definition) is 2. The van der Waals surface area contributed by atoms with E-state index in [2.05, 4.69) is 11.2 Å². The van der Waals surface area contributed by atoms with Crippen LogP contribution in [0.3, 0.4) is 0 Å². The molecule has 0 bridgehead atoms. The van der Waals surface area contributed by atoms with E-state index in [0.717, 1.165) is 12.8 Å². The Balaban J connectivity index is 2.45. The number of amides is 1. The molecule has 0 atom stereocenters. The Labute approximate surface area is 112 Å². The van der Waals surface area contributed by atoms with Gasteiger partial charge in [-0.25, -0.2) is 4.79 Å². The molecule has 1 aromatic carbocycles. The third-order valence-electron chi connectivity index (χ3n) is 2.67. The molecule has 1 amide bonds. The molecule has 0 saturated heterocycles. The summed E-state index contributed by atoms with van der Waals surface area (Å²) in [6.45, 7) is 0.565. The normalized spacial score (nSPS) is 9.63. The molecule has 0 aliphatic rings. The Kier molecular flexibility index (Phi) is 6.17.